The molecule has 0 saturated carbocycles. The molecule has 1 aliphatic heterocycles. The minimum atomic E-state index is 0.862. The molecule has 1 unspecified atom stereocenters. The van der Waals surface area contributed by atoms with Gasteiger partial charge in [-0.2, -0.15) is 0 Å². The van der Waals surface area contributed by atoms with E-state index in [-0.39, 0.29) is 0 Å². The van der Waals surface area contributed by atoms with Gasteiger partial charge in [0.2, 0.25) is 0 Å². The van der Waals surface area contributed by atoms with Crippen molar-refractivity contribution in [3.63, 3.8) is 0 Å². The predicted molar refractivity (Wildman–Crippen MR) is 65.1 cm³/mol. The summed E-state index contributed by atoms with van der Waals surface area (Å²) in [5, 5.41) is 0. The molecule has 2 atom stereocenters. The maximum Gasteiger partial charge on any atom is 0.0464 e. The van der Waals surface area contributed by atoms with Crippen molar-refractivity contribution in [2.45, 2.75) is 39.5 Å². The average molecular weight is 213 g/mol. The quantitative estimate of drug-likeness (QED) is 0.645. The van der Waals surface area contributed by atoms with Crippen molar-refractivity contribution >= 4 is 0 Å². The van der Waals surface area contributed by atoms with Crippen molar-refractivity contribution in [2.75, 3.05) is 33.4 Å². The molecule has 1 aliphatic rings. The van der Waals surface area contributed by atoms with Crippen LogP contribution in [-0.2, 0) is 4.74 Å². The second kappa shape index (κ2) is 7.24. The Balaban J connectivity index is 2.10. The van der Waals surface area contributed by atoms with E-state index in [0.717, 1.165) is 18.4 Å². The molecule has 1 fully saturated rings. The third kappa shape index (κ3) is 4.98. The van der Waals surface area contributed by atoms with Gasteiger partial charge in [0.1, 0.15) is 0 Å². The van der Waals surface area contributed by atoms with Crippen LogP contribution < -0.4 is 0 Å². The molecule has 0 bridgehead atoms. The van der Waals surface area contributed by atoms with E-state index in [9.17, 15) is 0 Å². The second-order valence-corrected chi connectivity index (χ2v) is 5.04. The lowest BCUT2D eigenvalue weighted by molar-refractivity contribution is 0.169. The molecule has 0 spiro atoms. The fourth-order valence-corrected chi connectivity index (χ4v) is 2.43. The minimum absolute atomic E-state index is 0.862. The van der Waals surface area contributed by atoms with Crippen LogP contribution >= 0.6 is 0 Å². The second-order valence-electron chi connectivity index (χ2n) is 5.04. The number of hydrogen-bond acceptors (Lipinski definition) is 2. The van der Waals surface area contributed by atoms with Crippen LogP contribution in [-0.4, -0.2) is 38.3 Å². The molecule has 15 heavy (non-hydrogen) atoms. The Labute approximate surface area is 95.0 Å². The van der Waals surface area contributed by atoms with Gasteiger partial charge in [-0.15, -0.1) is 0 Å². The van der Waals surface area contributed by atoms with Gasteiger partial charge in [-0.3, -0.25) is 0 Å². The first kappa shape index (κ1) is 13.0. The number of hydrogen-bond donors (Lipinski definition) is 0. The lowest BCUT2D eigenvalue weighted by Crippen LogP contribution is -2.23. The average Bonchev–Trinajstić information content (AvgIpc) is 2.65. The molecule has 2 nitrogen and oxygen atoms in total. The Morgan fingerprint density at radius 3 is 2.73 bits per heavy atom. The van der Waals surface area contributed by atoms with Crippen LogP contribution in [0.4, 0.5) is 0 Å². The van der Waals surface area contributed by atoms with Gasteiger partial charge in [0.05, 0.1) is 0 Å². The highest BCUT2D eigenvalue weighted by molar-refractivity contribution is 4.73. The van der Waals surface area contributed by atoms with Crippen molar-refractivity contribution in [3.8, 4) is 0 Å². The van der Waals surface area contributed by atoms with Crippen molar-refractivity contribution < 1.29 is 4.74 Å². The highest BCUT2D eigenvalue weighted by Crippen LogP contribution is 2.19. The molecule has 1 saturated heterocycles. The number of rotatable bonds is 7. The molecule has 1 heterocycles. The van der Waals surface area contributed by atoms with Gasteiger partial charge in [-0.25, -0.2) is 0 Å². The number of nitrogens with zero attached hydrogens (tertiary/aromatic N) is 1. The summed E-state index contributed by atoms with van der Waals surface area (Å²) in [6.07, 6.45) is 5.28. The van der Waals surface area contributed by atoms with Crippen molar-refractivity contribution in [1.29, 1.82) is 0 Å². The molecule has 0 radical (unpaired) electrons. The Bertz CT molecular complexity index is 161. The van der Waals surface area contributed by atoms with E-state index in [2.05, 4.69) is 18.7 Å². The summed E-state index contributed by atoms with van der Waals surface area (Å²) in [4.78, 5) is 2.63. The number of likely N-dealkylation sites (tertiary alicyclic amines) is 1. The summed E-state index contributed by atoms with van der Waals surface area (Å²) in [5.41, 5.74) is 0. The van der Waals surface area contributed by atoms with Gasteiger partial charge in [0, 0.05) is 20.3 Å². The van der Waals surface area contributed by atoms with Crippen LogP contribution in [0.3, 0.4) is 0 Å². The van der Waals surface area contributed by atoms with Crippen LogP contribution in [0.2, 0.25) is 0 Å². The highest BCUT2D eigenvalue weighted by Gasteiger charge is 2.18. The summed E-state index contributed by atoms with van der Waals surface area (Å²) in [6.45, 7) is 9.53. The largest absolute Gasteiger partial charge is 0.385 e. The van der Waals surface area contributed by atoms with Crippen LogP contribution in [0.1, 0.15) is 39.5 Å². The van der Waals surface area contributed by atoms with Crippen molar-refractivity contribution in [3.05, 3.63) is 0 Å². The van der Waals surface area contributed by atoms with E-state index in [4.69, 9.17) is 4.74 Å². The van der Waals surface area contributed by atoms with Gasteiger partial charge < -0.3 is 9.64 Å². The highest BCUT2D eigenvalue weighted by atomic mass is 16.5. The standard InChI is InChI=1S/C13H27NO/c1-4-13(7-10-15-3)6-9-14-8-5-12(2)11-14/h12-13H,4-11H2,1-3H3/t12-,13?/m1/s1. The summed E-state index contributed by atoms with van der Waals surface area (Å²) in [6, 6.07) is 0. The van der Waals surface area contributed by atoms with E-state index >= 15 is 0 Å². The molecule has 0 aliphatic carbocycles. The Kier molecular flexibility index (Phi) is 6.26. The summed E-state index contributed by atoms with van der Waals surface area (Å²) < 4.78 is 5.15. The fourth-order valence-electron chi connectivity index (χ4n) is 2.43. The van der Waals surface area contributed by atoms with E-state index in [1.807, 2.05) is 0 Å². The van der Waals surface area contributed by atoms with E-state index in [1.165, 1.54) is 45.3 Å². The van der Waals surface area contributed by atoms with Crippen LogP contribution in [0, 0.1) is 11.8 Å². The Morgan fingerprint density at radius 2 is 2.20 bits per heavy atom. The minimum Gasteiger partial charge on any atom is -0.385 e. The SMILES string of the molecule is CCC(CCOC)CCN1CC[C@@H](C)C1. The Hall–Kier alpha value is -0.0800. The maximum atomic E-state index is 5.15. The predicted octanol–water partition coefficient (Wildman–Crippen LogP) is 2.78. The van der Waals surface area contributed by atoms with E-state index in [1.54, 1.807) is 7.11 Å². The summed E-state index contributed by atoms with van der Waals surface area (Å²) >= 11 is 0. The molecule has 0 N–H and O–H groups in total. The van der Waals surface area contributed by atoms with E-state index < -0.39 is 0 Å². The molecule has 0 aromatic rings. The van der Waals surface area contributed by atoms with Gasteiger partial charge in [-0.1, -0.05) is 20.3 Å². The normalized spacial score (nSPS) is 24.6. The molecule has 0 aromatic carbocycles. The van der Waals surface area contributed by atoms with Crippen molar-refractivity contribution in [1.82, 2.24) is 4.90 Å². The van der Waals surface area contributed by atoms with Crippen LogP contribution in [0.25, 0.3) is 0 Å². The lowest BCUT2D eigenvalue weighted by atomic mass is 9.99. The lowest BCUT2D eigenvalue weighted by Gasteiger charge is -2.20. The summed E-state index contributed by atoms with van der Waals surface area (Å²) in [5.74, 6) is 1.78. The monoisotopic (exact) mass is 213 g/mol. The van der Waals surface area contributed by atoms with Gasteiger partial charge in [0.25, 0.3) is 0 Å². The molecule has 2 heteroatoms. The molecular formula is C13H27NO. The topological polar surface area (TPSA) is 12.5 Å². The molecule has 90 valence electrons. The fraction of sp³-hybridized carbons (Fsp3) is 1.00. The first-order valence-electron chi connectivity index (χ1n) is 6.47. The molecule has 0 amide bonds. The zero-order chi connectivity index (χ0) is 11.1. The maximum absolute atomic E-state index is 5.15. The summed E-state index contributed by atoms with van der Waals surface area (Å²) in [7, 11) is 1.80. The van der Waals surface area contributed by atoms with Gasteiger partial charge >= 0.3 is 0 Å². The molecule has 1 rings (SSSR count). The first-order chi connectivity index (χ1) is 7.26. The third-order valence-electron chi connectivity index (χ3n) is 3.67. The zero-order valence-electron chi connectivity index (χ0n) is 10.7. The Morgan fingerprint density at radius 1 is 1.40 bits per heavy atom. The van der Waals surface area contributed by atoms with Crippen LogP contribution in [0.15, 0.2) is 0 Å². The third-order valence-corrected chi connectivity index (χ3v) is 3.67. The van der Waals surface area contributed by atoms with E-state index in [0.29, 0.717) is 0 Å². The van der Waals surface area contributed by atoms with Gasteiger partial charge in [-0.05, 0) is 44.2 Å². The first-order valence-corrected chi connectivity index (χ1v) is 6.47. The van der Waals surface area contributed by atoms with Gasteiger partial charge in [0.15, 0.2) is 0 Å². The van der Waals surface area contributed by atoms with Crippen molar-refractivity contribution in [2.24, 2.45) is 11.8 Å². The molecular weight excluding hydrogens is 186 g/mol. The zero-order valence-corrected chi connectivity index (χ0v) is 10.7. The smallest absolute Gasteiger partial charge is 0.0464 e. The van der Waals surface area contributed by atoms with Crippen LogP contribution in [0.5, 0.6) is 0 Å². The molecule has 0 aromatic heterocycles. The number of methoxy groups -OCH3 is 1. The number of ether oxygens (including phenoxy) is 1.